The van der Waals surface area contributed by atoms with Crippen LogP contribution in [0.1, 0.15) is 54.5 Å². The lowest BCUT2D eigenvalue weighted by atomic mass is 9.82. The van der Waals surface area contributed by atoms with Gasteiger partial charge in [0.15, 0.2) is 0 Å². The lowest BCUT2D eigenvalue weighted by Gasteiger charge is -2.23. The molecule has 0 aliphatic heterocycles. The number of nitrogens with zero attached hydrogens (tertiary/aromatic N) is 2. The number of carbonyl (C=O) groups excluding carboxylic acids is 1. The van der Waals surface area contributed by atoms with Crippen molar-refractivity contribution in [3.63, 3.8) is 0 Å². The Morgan fingerprint density at radius 3 is 2.44 bits per heavy atom. The van der Waals surface area contributed by atoms with E-state index >= 15 is 0 Å². The van der Waals surface area contributed by atoms with Crippen LogP contribution in [-0.4, -0.2) is 15.9 Å². The van der Waals surface area contributed by atoms with Crippen molar-refractivity contribution >= 4 is 11.9 Å². The van der Waals surface area contributed by atoms with Gasteiger partial charge in [-0.1, -0.05) is 32.9 Å². The van der Waals surface area contributed by atoms with Crippen LogP contribution in [0.5, 0.6) is 5.75 Å². The number of carbonyl (C=O) groups is 1. The minimum Gasteiger partial charge on any atom is -0.487 e. The van der Waals surface area contributed by atoms with Gasteiger partial charge in [0.25, 0.3) is 5.91 Å². The molecule has 0 saturated carbocycles. The van der Waals surface area contributed by atoms with E-state index in [4.69, 9.17) is 16.3 Å². The van der Waals surface area contributed by atoms with E-state index in [0.717, 1.165) is 6.42 Å². The van der Waals surface area contributed by atoms with Crippen LogP contribution >= 0.6 is 0 Å². The summed E-state index contributed by atoms with van der Waals surface area (Å²) in [5.41, 5.74) is 10.3. The van der Waals surface area contributed by atoms with Crippen LogP contribution in [0.15, 0.2) is 24.3 Å². The second kappa shape index (κ2) is 7.48. The van der Waals surface area contributed by atoms with Crippen LogP contribution in [0.4, 0.5) is 5.95 Å². The summed E-state index contributed by atoms with van der Waals surface area (Å²) in [7, 11) is 0. The molecule has 0 aliphatic carbocycles. The van der Waals surface area contributed by atoms with Crippen molar-refractivity contribution in [2.75, 3.05) is 5.73 Å². The van der Waals surface area contributed by atoms with Gasteiger partial charge in [0.1, 0.15) is 12.4 Å². The highest BCUT2D eigenvalue weighted by atomic mass is 16.5. The maximum absolute atomic E-state index is 12.0. The number of aromatic nitrogens is 2. The van der Waals surface area contributed by atoms with E-state index in [2.05, 4.69) is 36.2 Å². The van der Waals surface area contributed by atoms with E-state index in [-0.39, 0.29) is 23.5 Å². The van der Waals surface area contributed by atoms with Gasteiger partial charge in [-0.25, -0.2) is 15.8 Å². The van der Waals surface area contributed by atoms with Gasteiger partial charge in [0, 0.05) is 0 Å². The molecule has 1 aromatic heterocycles. The van der Waals surface area contributed by atoms with E-state index in [1.54, 1.807) is 6.92 Å². The molecule has 25 heavy (non-hydrogen) atoms. The third-order valence-corrected chi connectivity index (χ3v) is 4.44. The number of nitrogens with two attached hydrogens (primary N) is 2. The highest BCUT2D eigenvalue weighted by Crippen LogP contribution is 2.28. The van der Waals surface area contributed by atoms with Crippen LogP contribution in [0, 0.1) is 6.92 Å². The zero-order valence-corrected chi connectivity index (χ0v) is 15.1. The Kier molecular flexibility index (Phi) is 5.58. The number of aryl methyl sites for hydroxylation is 1. The molecule has 0 atom stereocenters. The third kappa shape index (κ3) is 4.24. The van der Waals surface area contributed by atoms with Crippen LogP contribution in [0.25, 0.3) is 0 Å². The van der Waals surface area contributed by atoms with Crippen molar-refractivity contribution in [3.05, 3.63) is 46.8 Å². The number of hydrazine groups is 1. The van der Waals surface area contributed by atoms with Gasteiger partial charge in [-0.3, -0.25) is 10.2 Å². The van der Waals surface area contributed by atoms with E-state index in [1.807, 2.05) is 24.3 Å². The van der Waals surface area contributed by atoms with Gasteiger partial charge in [-0.2, -0.15) is 0 Å². The normalized spacial score (nSPS) is 11.2. The zero-order valence-electron chi connectivity index (χ0n) is 15.1. The molecular weight excluding hydrogens is 318 g/mol. The van der Waals surface area contributed by atoms with Crippen molar-refractivity contribution in [1.29, 1.82) is 0 Å². The lowest BCUT2D eigenvalue weighted by molar-refractivity contribution is 0.0949. The summed E-state index contributed by atoms with van der Waals surface area (Å²) in [5, 5.41) is 0. The molecule has 2 rings (SSSR count). The average molecular weight is 343 g/mol. The topological polar surface area (TPSA) is 116 Å². The minimum absolute atomic E-state index is 0.0877. The van der Waals surface area contributed by atoms with Crippen molar-refractivity contribution < 1.29 is 9.53 Å². The minimum atomic E-state index is -0.476. The Balaban J connectivity index is 2.20. The Morgan fingerprint density at radius 1 is 1.24 bits per heavy atom. The largest absolute Gasteiger partial charge is 0.487 e. The first-order chi connectivity index (χ1) is 11.8. The number of benzene rings is 1. The van der Waals surface area contributed by atoms with Gasteiger partial charge in [0.05, 0.1) is 17.0 Å². The smallest absolute Gasteiger partial charge is 0.269 e. The molecule has 134 valence electrons. The van der Waals surface area contributed by atoms with Crippen LogP contribution in [0.2, 0.25) is 0 Å². The Bertz CT molecular complexity index is 757. The molecule has 0 spiro atoms. The molecule has 1 aromatic carbocycles. The molecule has 7 nitrogen and oxygen atoms in total. The van der Waals surface area contributed by atoms with Gasteiger partial charge in [-0.15, -0.1) is 0 Å². The first kappa shape index (κ1) is 18.7. The molecule has 0 unspecified atom stereocenters. The van der Waals surface area contributed by atoms with Crippen LogP contribution < -0.4 is 21.7 Å². The Labute approximate surface area is 147 Å². The van der Waals surface area contributed by atoms with E-state index in [0.29, 0.717) is 17.1 Å². The molecule has 5 N–H and O–H groups in total. The summed E-state index contributed by atoms with van der Waals surface area (Å²) in [5.74, 6) is 5.53. The monoisotopic (exact) mass is 343 g/mol. The third-order valence-electron chi connectivity index (χ3n) is 4.44. The Morgan fingerprint density at radius 2 is 1.88 bits per heavy atom. The lowest BCUT2D eigenvalue weighted by Crippen LogP contribution is -2.32. The first-order valence-corrected chi connectivity index (χ1v) is 8.15. The van der Waals surface area contributed by atoms with E-state index < -0.39 is 5.91 Å². The van der Waals surface area contributed by atoms with E-state index in [1.165, 1.54) is 5.56 Å². The second-order valence-electron chi connectivity index (χ2n) is 6.51. The predicted octanol–water partition coefficient (Wildman–Crippen LogP) is 2.24. The standard InChI is InChI=1S/C18H25N5O2/c1-5-18(3,4)12-6-8-13(9-7-12)25-10-14-15(16(24)23-20)11(2)21-17(19)22-14/h6-9H,5,10,20H2,1-4H3,(H,23,24)(H2,19,21,22). The zero-order chi connectivity index (χ0) is 18.6. The van der Waals surface area contributed by atoms with E-state index in [9.17, 15) is 4.79 Å². The molecule has 0 aliphatic rings. The van der Waals surface area contributed by atoms with Gasteiger partial charge >= 0.3 is 0 Å². The maximum Gasteiger partial charge on any atom is 0.269 e. The van der Waals surface area contributed by atoms with Gasteiger partial charge in [-0.05, 0) is 36.5 Å². The number of hydrogen-bond donors (Lipinski definition) is 3. The molecule has 0 bridgehead atoms. The quantitative estimate of drug-likeness (QED) is 0.421. The highest BCUT2D eigenvalue weighted by Gasteiger charge is 2.19. The van der Waals surface area contributed by atoms with Crippen molar-refractivity contribution in [2.24, 2.45) is 5.84 Å². The fourth-order valence-corrected chi connectivity index (χ4v) is 2.49. The van der Waals surface area contributed by atoms with Crippen molar-refractivity contribution in [3.8, 4) is 5.75 Å². The molecule has 0 saturated heterocycles. The number of hydrogen-bond acceptors (Lipinski definition) is 6. The van der Waals surface area contributed by atoms with Crippen LogP contribution in [-0.2, 0) is 12.0 Å². The van der Waals surface area contributed by atoms with Crippen molar-refractivity contribution in [2.45, 2.75) is 46.1 Å². The number of nitrogens with one attached hydrogen (secondary N) is 1. The van der Waals surface area contributed by atoms with Gasteiger partial charge < -0.3 is 10.5 Å². The summed E-state index contributed by atoms with van der Waals surface area (Å²) in [6, 6.07) is 7.91. The van der Waals surface area contributed by atoms with Crippen molar-refractivity contribution in [1.82, 2.24) is 15.4 Å². The first-order valence-electron chi connectivity index (χ1n) is 8.15. The number of nitrogen functional groups attached to an aromatic ring is 2. The molecule has 7 heteroatoms. The molecule has 0 fully saturated rings. The maximum atomic E-state index is 12.0. The fourth-order valence-electron chi connectivity index (χ4n) is 2.49. The summed E-state index contributed by atoms with van der Waals surface area (Å²) in [6.07, 6.45) is 1.05. The summed E-state index contributed by atoms with van der Waals surface area (Å²) >= 11 is 0. The van der Waals surface area contributed by atoms with Crippen LogP contribution in [0.3, 0.4) is 0 Å². The predicted molar refractivity (Wildman–Crippen MR) is 96.9 cm³/mol. The molecular formula is C18H25N5O2. The number of amides is 1. The average Bonchev–Trinajstić information content (AvgIpc) is 2.59. The molecule has 1 amide bonds. The number of anilines is 1. The number of rotatable bonds is 6. The summed E-state index contributed by atoms with van der Waals surface area (Å²) in [6.45, 7) is 8.33. The molecule has 2 aromatic rings. The fraction of sp³-hybridized carbons (Fsp3) is 0.389. The van der Waals surface area contributed by atoms with Gasteiger partial charge in [0.2, 0.25) is 5.95 Å². The SMILES string of the molecule is CCC(C)(C)c1ccc(OCc2nc(N)nc(C)c2C(=O)NN)cc1. The number of ether oxygens (including phenoxy) is 1. The Hall–Kier alpha value is -2.67. The summed E-state index contributed by atoms with van der Waals surface area (Å²) < 4.78 is 5.77. The second-order valence-corrected chi connectivity index (χ2v) is 6.51. The molecule has 1 heterocycles. The molecule has 0 radical (unpaired) electrons. The highest BCUT2D eigenvalue weighted by molar-refractivity contribution is 5.95. The summed E-state index contributed by atoms with van der Waals surface area (Å²) in [4.78, 5) is 20.1.